The third kappa shape index (κ3) is 3.34. The second-order valence-corrected chi connectivity index (χ2v) is 6.57. The summed E-state index contributed by atoms with van der Waals surface area (Å²) in [5.41, 5.74) is 10.1. The molecule has 0 unspecified atom stereocenters. The van der Waals surface area contributed by atoms with Crippen molar-refractivity contribution in [3.05, 3.63) is 34.9 Å². The van der Waals surface area contributed by atoms with Crippen molar-refractivity contribution in [2.45, 2.75) is 40.2 Å². The van der Waals surface area contributed by atoms with Gasteiger partial charge in [-0.3, -0.25) is 4.90 Å². The fourth-order valence-corrected chi connectivity index (χ4v) is 2.87. The van der Waals surface area contributed by atoms with Crippen LogP contribution in [0, 0.1) is 19.3 Å². The molecular weight excluding hydrogens is 252 g/mol. The first-order valence-electron chi connectivity index (χ1n) is 6.99. The van der Waals surface area contributed by atoms with E-state index in [-0.39, 0.29) is 5.41 Å². The molecule has 0 aliphatic carbocycles. The highest BCUT2D eigenvalue weighted by Gasteiger charge is 2.32. The number of hydrogen-bond acceptors (Lipinski definition) is 2. The smallest absolute Gasteiger partial charge is 0.0788 e. The van der Waals surface area contributed by atoms with Crippen molar-refractivity contribution in [1.29, 1.82) is 0 Å². The molecule has 2 nitrogen and oxygen atoms in total. The summed E-state index contributed by atoms with van der Waals surface area (Å²) in [5.74, 6) is 0. The van der Waals surface area contributed by atoms with Crippen LogP contribution in [0.1, 0.15) is 36.5 Å². The van der Waals surface area contributed by atoms with Gasteiger partial charge in [0.2, 0.25) is 0 Å². The van der Waals surface area contributed by atoms with E-state index in [1.807, 2.05) is 0 Å². The molecule has 19 heavy (non-hydrogen) atoms. The summed E-state index contributed by atoms with van der Waals surface area (Å²) < 4.78 is 0. The van der Waals surface area contributed by atoms with E-state index in [0.29, 0.717) is 4.99 Å². The highest BCUT2D eigenvalue weighted by molar-refractivity contribution is 7.80. The van der Waals surface area contributed by atoms with Crippen LogP contribution < -0.4 is 5.73 Å². The molecule has 0 saturated carbocycles. The second kappa shape index (κ2) is 5.59. The van der Waals surface area contributed by atoms with Gasteiger partial charge in [0, 0.05) is 12.0 Å². The molecule has 1 fully saturated rings. The van der Waals surface area contributed by atoms with Gasteiger partial charge in [0.15, 0.2) is 0 Å². The van der Waals surface area contributed by atoms with Crippen molar-refractivity contribution in [2.75, 3.05) is 13.1 Å². The number of rotatable bonds is 3. The van der Waals surface area contributed by atoms with E-state index >= 15 is 0 Å². The Morgan fingerprint density at radius 1 is 1.32 bits per heavy atom. The van der Waals surface area contributed by atoms with Crippen LogP contribution in [0.3, 0.4) is 0 Å². The molecule has 1 aromatic carbocycles. The predicted octanol–water partition coefficient (Wildman–Crippen LogP) is 3.19. The number of benzene rings is 1. The molecule has 0 aromatic heterocycles. The number of likely N-dealkylation sites (tertiary alicyclic amines) is 1. The van der Waals surface area contributed by atoms with E-state index < -0.39 is 0 Å². The predicted molar refractivity (Wildman–Crippen MR) is 85.3 cm³/mol. The Labute approximate surface area is 122 Å². The lowest BCUT2D eigenvalue weighted by molar-refractivity contribution is 0.157. The van der Waals surface area contributed by atoms with E-state index in [2.05, 4.69) is 43.9 Å². The molecule has 1 aliphatic rings. The van der Waals surface area contributed by atoms with Gasteiger partial charge in [0.1, 0.15) is 0 Å². The zero-order valence-corrected chi connectivity index (χ0v) is 13.0. The maximum absolute atomic E-state index is 5.86. The van der Waals surface area contributed by atoms with Gasteiger partial charge >= 0.3 is 0 Å². The Hall–Kier alpha value is -0.930. The number of nitrogens with two attached hydrogens (primary N) is 1. The average molecular weight is 276 g/mol. The van der Waals surface area contributed by atoms with E-state index in [1.54, 1.807) is 0 Å². The Morgan fingerprint density at radius 2 is 1.95 bits per heavy atom. The summed E-state index contributed by atoms with van der Waals surface area (Å²) >= 11 is 5.19. The first-order valence-corrected chi connectivity index (χ1v) is 7.40. The minimum absolute atomic E-state index is 0.0630. The largest absolute Gasteiger partial charge is 0.393 e. The molecule has 1 aliphatic heterocycles. The monoisotopic (exact) mass is 276 g/mol. The molecule has 0 radical (unpaired) electrons. The standard InChI is InChI=1S/C16H24N2S/c1-12-4-5-13(2)14(10-12)11-18-8-6-16(3,7-9-18)15(17)19/h4-5,10H,6-9,11H2,1-3H3,(H2,17,19). The number of nitrogens with zero attached hydrogens (tertiary/aromatic N) is 1. The molecule has 104 valence electrons. The minimum atomic E-state index is 0.0630. The van der Waals surface area contributed by atoms with Crippen LogP contribution in [0.25, 0.3) is 0 Å². The molecule has 1 aromatic rings. The van der Waals surface area contributed by atoms with Crippen LogP contribution in [0.2, 0.25) is 0 Å². The minimum Gasteiger partial charge on any atom is -0.393 e. The Balaban J connectivity index is 1.99. The molecule has 1 saturated heterocycles. The number of piperidine rings is 1. The molecule has 0 bridgehead atoms. The number of hydrogen-bond donors (Lipinski definition) is 1. The number of thiocarbonyl (C=S) groups is 1. The van der Waals surface area contributed by atoms with Crippen molar-refractivity contribution in [1.82, 2.24) is 4.90 Å². The SMILES string of the molecule is Cc1ccc(C)c(CN2CCC(C)(C(N)=S)CC2)c1. The highest BCUT2D eigenvalue weighted by atomic mass is 32.1. The van der Waals surface area contributed by atoms with Gasteiger partial charge in [-0.15, -0.1) is 0 Å². The summed E-state index contributed by atoms with van der Waals surface area (Å²) in [6, 6.07) is 6.70. The molecule has 3 heteroatoms. The van der Waals surface area contributed by atoms with Gasteiger partial charge < -0.3 is 5.73 Å². The van der Waals surface area contributed by atoms with Crippen LogP contribution in [0.4, 0.5) is 0 Å². The van der Waals surface area contributed by atoms with Crippen LogP contribution >= 0.6 is 12.2 Å². The van der Waals surface area contributed by atoms with Gasteiger partial charge in [-0.05, 0) is 50.9 Å². The van der Waals surface area contributed by atoms with Crippen molar-refractivity contribution in [3.8, 4) is 0 Å². The van der Waals surface area contributed by atoms with Crippen molar-refractivity contribution < 1.29 is 0 Å². The highest BCUT2D eigenvalue weighted by Crippen LogP contribution is 2.31. The number of aryl methyl sites for hydroxylation is 2. The zero-order valence-electron chi connectivity index (χ0n) is 12.2. The van der Waals surface area contributed by atoms with Crippen LogP contribution in [0.15, 0.2) is 18.2 Å². The van der Waals surface area contributed by atoms with Crippen molar-refractivity contribution in [3.63, 3.8) is 0 Å². The molecule has 0 amide bonds. The Kier molecular flexibility index (Phi) is 4.26. The van der Waals surface area contributed by atoms with Gasteiger partial charge in [-0.25, -0.2) is 0 Å². The van der Waals surface area contributed by atoms with E-state index in [4.69, 9.17) is 18.0 Å². The molecule has 0 atom stereocenters. The lowest BCUT2D eigenvalue weighted by Gasteiger charge is -2.38. The summed E-state index contributed by atoms with van der Waals surface area (Å²) in [7, 11) is 0. The van der Waals surface area contributed by atoms with Crippen molar-refractivity contribution >= 4 is 17.2 Å². The Bertz CT molecular complexity index is 474. The maximum atomic E-state index is 5.86. The Morgan fingerprint density at radius 3 is 2.53 bits per heavy atom. The average Bonchev–Trinajstić information content (AvgIpc) is 2.36. The first-order chi connectivity index (χ1) is 8.90. The molecule has 2 N–H and O–H groups in total. The summed E-state index contributed by atoms with van der Waals surface area (Å²) in [5, 5.41) is 0. The summed E-state index contributed by atoms with van der Waals surface area (Å²) in [6.45, 7) is 9.76. The molecule has 0 spiro atoms. The van der Waals surface area contributed by atoms with Gasteiger partial charge in [-0.1, -0.05) is 42.9 Å². The van der Waals surface area contributed by atoms with E-state index in [9.17, 15) is 0 Å². The summed E-state index contributed by atoms with van der Waals surface area (Å²) in [6.07, 6.45) is 2.15. The fourth-order valence-electron chi connectivity index (χ4n) is 2.66. The lowest BCUT2D eigenvalue weighted by atomic mass is 9.80. The molecular formula is C16H24N2S. The van der Waals surface area contributed by atoms with Gasteiger partial charge in [-0.2, -0.15) is 0 Å². The van der Waals surface area contributed by atoms with Gasteiger partial charge in [0.05, 0.1) is 4.99 Å². The van der Waals surface area contributed by atoms with Crippen LogP contribution in [0.5, 0.6) is 0 Å². The van der Waals surface area contributed by atoms with E-state index in [1.165, 1.54) is 16.7 Å². The van der Waals surface area contributed by atoms with Crippen molar-refractivity contribution in [2.24, 2.45) is 11.1 Å². The zero-order chi connectivity index (χ0) is 14.0. The first kappa shape index (κ1) is 14.5. The molecule has 2 rings (SSSR count). The normalized spacial score (nSPS) is 19.3. The van der Waals surface area contributed by atoms with Crippen LogP contribution in [-0.2, 0) is 6.54 Å². The third-order valence-corrected chi connectivity index (χ3v) is 4.95. The fraction of sp³-hybridized carbons (Fsp3) is 0.562. The lowest BCUT2D eigenvalue weighted by Crippen LogP contribution is -2.44. The quantitative estimate of drug-likeness (QED) is 0.860. The van der Waals surface area contributed by atoms with Crippen LogP contribution in [-0.4, -0.2) is 23.0 Å². The third-order valence-electron chi connectivity index (χ3n) is 4.45. The maximum Gasteiger partial charge on any atom is 0.0788 e. The molecule has 1 heterocycles. The van der Waals surface area contributed by atoms with E-state index in [0.717, 1.165) is 32.5 Å². The summed E-state index contributed by atoms with van der Waals surface area (Å²) in [4.78, 5) is 3.20. The second-order valence-electron chi connectivity index (χ2n) is 6.13. The van der Waals surface area contributed by atoms with Gasteiger partial charge in [0.25, 0.3) is 0 Å². The topological polar surface area (TPSA) is 29.3 Å².